The molecule has 1 aromatic carbocycles. The molecule has 66 valence electrons. The van der Waals surface area contributed by atoms with Gasteiger partial charge in [-0.15, -0.1) is 0 Å². The molecule has 0 aliphatic carbocycles. The largest absolute Gasteiger partial charge is 0.383 e. The predicted molar refractivity (Wildman–Crippen MR) is 58.6 cm³/mol. The summed E-state index contributed by atoms with van der Waals surface area (Å²) in [5.41, 5.74) is 6.70. The van der Waals surface area contributed by atoms with E-state index in [2.05, 4.69) is 20.9 Å². The Labute approximate surface area is 84.9 Å². The fourth-order valence-electron chi connectivity index (χ4n) is 1.42. The third kappa shape index (κ3) is 1.29. The van der Waals surface area contributed by atoms with E-state index >= 15 is 0 Å². The van der Waals surface area contributed by atoms with Crippen LogP contribution in [0.5, 0.6) is 0 Å². The molecule has 0 bridgehead atoms. The molecule has 1 heterocycles. The molecule has 0 unspecified atom stereocenters. The zero-order valence-electron chi connectivity index (χ0n) is 7.21. The zero-order valence-corrected chi connectivity index (χ0v) is 8.80. The van der Waals surface area contributed by atoms with Gasteiger partial charge in [-0.05, 0) is 22.9 Å². The molecule has 0 saturated carbocycles. The standard InChI is InChI=1S/C10H9BrN2/c1-6-7-4-2-3-5-8(7)9(11)10(12)13-6/h2-5H,1H3,(H2,12,13). The summed E-state index contributed by atoms with van der Waals surface area (Å²) in [6.07, 6.45) is 0. The molecular weight excluding hydrogens is 228 g/mol. The maximum absolute atomic E-state index is 5.73. The van der Waals surface area contributed by atoms with E-state index in [0.717, 1.165) is 20.9 Å². The highest BCUT2D eigenvalue weighted by molar-refractivity contribution is 9.10. The molecule has 0 fully saturated rings. The first kappa shape index (κ1) is 8.51. The van der Waals surface area contributed by atoms with Gasteiger partial charge in [0.25, 0.3) is 0 Å². The number of nitrogens with zero attached hydrogens (tertiary/aromatic N) is 1. The Bertz CT molecular complexity index is 466. The molecule has 1 aromatic heterocycles. The van der Waals surface area contributed by atoms with E-state index in [1.807, 2.05) is 31.2 Å². The van der Waals surface area contributed by atoms with E-state index in [1.165, 1.54) is 0 Å². The smallest absolute Gasteiger partial charge is 0.138 e. The molecule has 2 aromatic rings. The molecule has 0 radical (unpaired) electrons. The average molecular weight is 237 g/mol. The number of halogens is 1. The summed E-state index contributed by atoms with van der Waals surface area (Å²) in [7, 11) is 0. The van der Waals surface area contributed by atoms with E-state index in [9.17, 15) is 0 Å². The van der Waals surface area contributed by atoms with Gasteiger partial charge in [0.05, 0.1) is 4.47 Å². The normalized spacial score (nSPS) is 10.6. The number of aromatic nitrogens is 1. The van der Waals surface area contributed by atoms with Crippen molar-refractivity contribution >= 4 is 32.5 Å². The van der Waals surface area contributed by atoms with Crippen LogP contribution >= 0.6 is 15.9 Å². The summed E-state index contributed by atoms with van der Waals surface area (Å²) in [6, 6.07) is 8.07. The second kappa shape index (κ2) is 3.00. The summed E-state index contributed by atoms with van der Waals surface area (Å²) in [5.74, 6) is 0.552. The van der Waals surface area contributed by atoms with Crippen LogP contribution in [0.25, 0.3) is 10.8 Å². The predicted octanol–water partition coefficient (Wildman–Crippen LogP) is 2.89. The molecule has 0 atom stereocenters. The van der Waals surface area contributed by atoms with Gasteiger partial charge in [-0.2, -0.15) is 0 Å². The molecule has 0 aliphatic heterocycles. The number of pyridine rings is 1. The summed E-state index contributed by atoms with van der Waals surface area (Å²) >= 11 is 3.43. The van der Waals surface area contributed by atoms with Crippen LogP contribution < -0.4 is 5.73 Å². The van der Waals surface area contributed by atoms with E-state index in [1.54, 1.807) is 0 Å². The van der Waals surface area contributed by atoms with Crippen molar-refractivity contribution < 1.29 is 0 Å². The van der Waals surface area contributed by atoms with Gasteiger partial charge >= 0.3 is 0 Å². The third-order valence-corrected chi connectivity index (χ3v) is 2.90. The minimum absolute atomic E-state index is 0.552. The van der Waals surface area contributed by atoms with Crippen molar-refractivity contribution in [2.75, 3.05) is 5.73 Å². The van der Waals surface area contributed by atoms with Crippen LogP contribution in [0, 0.1) is 6.92 Å². The second-order valence-corrected chi connectivity index (χ2v) is 3.74. The van der Waals surface area contributed by atoms with Gasteiger partial charge in [0.2, 0.25) is 0 Å². The molecule has 0 saturated heterocycles. The van der Waals surface area contributed by atoms with Crippen molar-refractivity contribution in [3.8, 4) is 0 Å². The highest BCUT2D eigenvalue weighted by Gasteiger charge is 2.05. The summed E-state index contributed by atoms with van der Waals surface area (Å²) in [5, 5.41) is 2.26. The number of aryl methyl sites for hydroxylation is 1. The van der Waals surface area contributed by atoms with E-state index in [0.29, 0.717) is 5.82 Å². The number of nitrogen functional groups attached to an aromatic ring is 1. The van der Waals surface area contributed by atoms with Crippen LogP contribution in [0.15, 0.2) is 28.7 Å². The second-order valence-electron chi connectivity index (χ2n) is 2.94. The molecule has 2 rings (SSSR count). The number of anilines is 1. The van der Waals surface area contributed by atoms with Crippen molar-refractivity contribution in [1.82, 2.24) is 4.98 Å². The average Bonchev–Trinajstić information content (AvgIpc) is 2.15. The van der Waals surface area contributed by atoms with E-state index in [-0.39, 0.29) is 0 Å². The quantitative estimate of drug-likeness (QED) is 0.765. The minimum atomic E-state index is 0.552. The topological polar surface area (TPSA) is 38.9 Å². The molecule has 0 amide bonds. The van der Waals surface area contributed by atoms with Crippen LogP contribution in [-0.4, -0.2) is 4.98 Å². The van der Waals surface area contributed by atoms with Crippen molar-refractivity contribution in [3.63, 3.8) is 0 Å². The molecule has 2 nitrogen and oxygen atoms in total. The number of hydrogen-bond acceptors (Lipinski definition) is 2. The van der Waals surface area contributed by atoms with Crippen molar-refractivity contribution in [1.29, 1.82) is 0 Å². The first-order chi connectivity index (χ1) is 6.20. The summed E-state index contributed by atoms with van der Waals surface area (Å²) < 4.78 is 0.883. The lowest BCUT2D eigenvalue weighted by Crippen LogP contribution is -1.95. The van der Waals surface area contributed by atoms with Crippen molar-refractivity contribution in [3.05, 3.63) is 34.4 Å². The van der Waals surface area contributed by atoms with Crippen LogP contribution in [0.2, 0.25) is 0 Å². The van der Waals surface area contributed by atoms with Gasteiger partial charge in [0.1, 0.15) is 5.82 Å². The Kier molecular flexibility index (Phi) is 1.96. The Morgan fingerprint density at radius 3 is 2.54 bits per heavy atom. The SMILES string of the molecule is Cc1nc(N)c(Br)c2ccccc12. The van der Waals surface area contributed by atoms with Gasteiger partial charge in [0.15, 0.2) is 0 Å². The molecular formula is C10H9BrN2. The molecule has 13 heavy (non-hydrogen) atoms. The van der Waals surface area contributed by atoms with E-state index < -0.39 is 0 Å². The van der Waals surface area contributed by atoms with Crippen molar-refractivity contribution in [2.24, 2.45) is 0 Å². The van der Waals surface area contributed by atoms with Crippen LogP contribution in [0.1, 0.15) is 5.69 Å². The Morgan fingerprint density at radius 2 is 1.85 bits per heavy atom. The fourth-order valence-corrected chi connectivity index (χ4v) is 1.85. The first-order valence-electron chi connectivity index (χ1n) is 4.00. The van der Waals surface area contributed by atoms with Gasteiger partial charge in [-0.1, -0.05) is 24.3 Å². The van der Waals surface area contributed by atoms with E-state index in [4.69, 9.17) is 5.73 Å². The zero-order chi connectivity index (χ0) is 9.42. The van der Waals surface area contributed by atoms with Gasteiger partial charge in [-0.25, -0.2) is 4.98 Å². The minimum Gasteiger partial charge on any atom is -0.383 e. The number of rotatable bonds is 0. The Morgan fingerprint density at radius 1 is 1.23 bits per heavy atom. The van der Waals surface area contributed by atoms with Crippen LogP contribution in [0.3, 0.4) is 0 Å². The van der Waals surface area contributed by atoms with Crippen molar-refractivity contribution in [2.45, 2.75) is 6.92 Å². The molecule has 0 spiro atoms. The number of fused-ring (bicyclic) bond motifs is 1. The Hall–Kier alpha value is -1.09. The lowest BCUT2D eigenvalue weighted by Gasteiger charge is -2.05. The highest BCUT2D eigenvalue weighted by atomic mass is 79.9. The number of nitrogens with two attached hydrogens (primary N) is 1. The lowest BCUT2D eigenvalue weighted by molar-refractivity contribution is 1.24. The summed E-state index contributed by atoms with van der Waals surface area (Å²) in [4.78, 5) is 4.23. The van der Waals surface area contributed by atoms with Gasteiger partial charge in [0, 0.05) is 16.5 Å². The maximum atomic E-state index is 5.73. The third-order valence-electron chi connectivity index (χ3n) is 2.07. The summed E-state index contributed by atoms with van der Waals surface area (Å²) in [6.45, 7) is 1.96. The highest BCUT2D eigenvalue weighted by Crippen LogP contribution is 2.29. The lowest BCUT2D eigenvalue weighted by atomic mass is 10.1. The van der Waals surface area contributed by atoms with Gasteiger partial charge < -0.3 is 5.73 Å². The number of hydrogen-bond donors (Lipinski definition) is 1. The number of benzene rings is 1. The molecule has 2 N–H and O–H groups in total. The Balaban J connectivity index is 2.97. The van der Waals surface area contributed by atoms with Crippen LogP contribution in [-0.2, 0) is 0 Å². The maximum Gasteiger partial charge on any atom is 0.138 e. The van der Waals surface area contributed by atoms with Gasteiger partial charge in [-0.3, -0.25) is 0 Å². The molecule has 0 aliphatic rings. The first-order valence-corrected chi connectivity index (χ1v) is 4.80. The monoisotopic (exact) mass is 236 g/mol. The fraction of sp³-hybridized carbons (Fsp3) is 0.100. The molecule has 3 heteroatoms. The van der Waals surface area contributed by atoms with Crippen LogP contribution in [0.4, 0.5) is 5.82 Å².